The summed E-state index contributed by atoms with van der Waals surface area (Å²) >= 11 is 0. The molecular weight excluding hydrogens is 408 g/mol. The number of pyridine rings is 1. The number of benzene rings is 1. The van der Waals surface area contributed by atoms with Gasteiger partial charge in [-0.1, -0.05) is 24.3 Å². The number of aromatic nitrogens is 3. The van der Waals surface area contributed by atoms with Gasteiger partial charge in [0.15, 0.2) is 0 Å². The minimum Gasteiger partial charge on any atom is -0.388 e. The van der Waals surface area contributed by atoms with Crippen LogP contribution in [0, 0.1) is 0 Å². The highest BCUT2D eigenvalue weighted by atomic mass is 16.5. The number of para-hydroxylation sites is 1. The molecule has 0 spiro atoms. The molecule has 5 rings (SSSR count). The summed E-state index contributed by atoms with van der Waals surface area (Å²) in [7, 11) is 1.57. The van der Waals surface area contributed by atoms with Crippen LogP contribution in [0.5, 0.6) is 0 Å². The number of H-pyrrole nitrogens is 1. The quantitative estimate of drug-likeness (QED) is 0.474. The Hall–Kier alpha value is -3.01. The number of β-amino-alcohol motifs (C(OH)–C–C–N with tert-alkyl or cyclic N) is 1. The largest absolute Gasteiger partial charge is 0.388 e. The summed E-state index contributed by atoms with van der Waals surface area (Å²) < 4.78 is 5.35. The van der Waals surface area contributed by atoms with Crippen LogP contribution in [0.15, 0.2) is 41.2 Å². The topological polar surface area (TPSA) is 115 Å². The molecule has 0 radical (unpaired) electrons. The Balaban J connectivity index is 1.57. The first-order valence-corrected chi connectivity index (χ1v) is 11.1. The number of aliphatic hydroxyl groups excluding tert-OH is 1. The minimum atomic E-state index is -0.633. The zero-order chi connectivity index (χ0) is 22.1. The average molecular weight is 437 g/mol. The molecule has 9 heteroatoms. The van der Waals surface area contributed by atoms with Gasteiger partial charge in [-0.05, 0) is 31.5 Å². The lowest BCUT2D eigenvalue weighted by atomic mass is 10.1. The first-order chi connectivity index (χ1) is 15.6. The number of aromatic amines is 1. The van der Waals surface area contributed by atoms with Crippen LogP contribution in [-0.4, -0.2) is 71.6 Å². The van der Waals surface area contributed by atoms with E-state index in [4.69, 9.17) is 14.7 Å². The van der Waals surface area contributed by atoms with Gasteiger partial charge in [0.05, 0.1) is 17.3 Å². The Morgan fingerprint density at radius 3 is 2.84 bits per heavy atom. The van der Waals surface area contributed by atoms with E-state index in [-0.39, 0.29) is 17.7 Å². The summed E-state index contributed by atoms with van der Waals surface area (Å²) in [5, 5.41) is 18.1. The molecule has 1 aromatic carbocycles. The number of rotatable bonds is 5. The van der Waals surface area contributed by atoms with Crippen molar-refractivity contribution >= 4 is 22.7 Å². The van der Waals surface area contributed by atoms with E-state index in [0.717, 1.165) is 36.8 Å². The number of anilines is 2. The second-order valence-corrected chi connectivity index (χ2v) is 8.44. The highest BCUT2D eigenvalue weighted by molar-refractivity contribution is 5.83. The summed E-state index contributed by atoms with van der Waals surface area (Å²) in [6, 6.07) is 11.8. The van der Waals surface area contributed by atoms with Crippen molar-refractivity contribution in [3.05, 3.63) is 46.8 Å². The van der Waals surface area contributed by atoms with E-state index in [1.807, 2.05) is 41.3 Å². The number of hydrogen-bond donors (Lipinski definition) is 4. The first kappa shape index (κ1) is 20.9. The van der Waals surface area contributed by atoms with Crippen molar-refractivity contribution in [1.29, 1.82) is 0 Å². The first-order valence-electron chi connectivity index (χ1n) is 11.1. The van der Waals surface area contributed by atoms with Gasteiger partial charge in [-0.3, -0.25) is 9.78 Å². The van der Waals surface area contributed by atoms with Crippen molar-refractivity contribution in [1.82, 2.24) is 20.3 Å². The van der Waals surface area contributed by atoms with Crippen molar-refractivity contribution in [2.24, 2.45) is 0 Å². The number of ether oxygens (including phenoxy) is 1. The van der Waals surface area contributed by atoms with Crippen molar-refractivity contribution < 1.29 is 9.84 Å². The molecule has 3 aromatic rings. The van der Waals surface area contributed by atoms with Crippen LogP contribution < -0.4 is 21.1 Å². The van der Waals surface area contributed by atoms with Crippen LogP contribution in [0.25, 0.3) is 22.2 Å². The van der Waals surface area contributed by atoms with Crippen LogP contribution in [0.3, 0.4) is 0 Å². The van der Waals surface area contributed by atoms with Gasteiger partial charge < -0.3 is 25.4 Å². The fourth-order valence-electron chi connectivity index (χ4n) is 4.49. The maximum absolute atomic E-state index is 13.3. The van der Waals surface area contributed by atoms with E-state index < -0.39 is 6.10 Å². The molecule has 3 atom stereocenters. The number of piperidine rings is 1. The van der Waals surface area contributed by atoms with Gasteiger partial charge in [-0.15, -0.1) is 0 Å². The van der Waals surface area contributed by atoms with Crippen LogP contribution in [-0.2, 0) is 4.74 Å². The van der Waals surface area contributed by atoms with Crippen molar-refractivity contribution in [2.45, 2.75) is 31.1 Å². The molecule has 0 bridgehead atoms. The molecule has 0 unspecified atom stereocenters. The molecule has 2 aromatic heterocycles. The lowest BCUT2D eigenvalue weighted by Gasteiger charge is -2.26. The summed E-state index contributed by atoms with van der Waals surface area (Å²) in [5.74, 6) is 0.931. The van der Waals surface area contributed by atoms with Gasteiger partial charge in [0.25, 0.3) is 5.56 Å². The molecule has 4 N–H and O–H groups in total. The molecule has 2 saturated heterocycles. The van der Waals surface area contributed by atoms with Gasteiger partial charge in [0, 0.05) is 38.2 Å². The van der Waals surface area contributed by atoms with E-state index in [1.165, 1.54) is 0 Å². The molecule has 2 aliphatic rings. The average Bonchev–Trinajstić information content (AvgIpc) is 3.20. The Kier molecular flexibility index (Phi) is 5.77. The molecule has 2 fully saturated rings. The van der Waals surface area contributed by atoms with Crippen LogP contribution in [0.2, 0.25) is 0 Å². The molecule has 32 heavy (non-hydrogen) atoms. The number of nitrogens with zero attached hydrogens (tertiary/aromatic N) is 3. The number of nitrogens with one attached hydrogen (secondary N) is 3. The number of fused-ring (bicyclic) bond motifs is 1. The highest BCUT2D eigenvalue weighted by Crippen LogP contribution is 2.27. The number of methoxy groups -OCH3 is 1. The zero-order valence-electron chi connectivity index (χ0n) is 18.0. The van der Waals surface area contributed by atoms with E-state index in [2.05, 4.69) is 15.6 Å². The minimum absolute atomic E-state index is 0.168. The smallest absolute Gasteiger partial charge is 0.263 e. The molecule has 0 aliphatic carbocycles. The lowest BCUT2D eigenvalue weighted by Crippen LogP contribution is -2.39. The predicted octanol–water partition coefficient (Wildman–Crippen LogP) is 1.34. The molecule has 0 saturated carbocycles. The zero-order valence-corrected chi connectivity index (χ0v) is 18.0. The Morgan fingerprint density at radius 1 is 1.19 bits per heavy atom. The van der Waals surface area contributed by atoms with Gasteiger partial charge in [0.2, 0.25) is 5.95 Å². The lowest BCUT2D eigenvalue weighted by molar-refractivity contribution is 0.0217. The van der Waals surface area contributed by atoms with E-state index in [1.54, 1.807) is 7.11 Å². The van der Waals surface area contributed by atoms with Gasteiger partial charge in [-0.25, -0.2) is 4.98 Å². The summed E-state index contributed by atoms with van der Waals surface area (Å²) in [4.78, 5) is 27.6. The molecular formula is C23H28N6O3. The van der Waals surface area contributed by atoms with E-state index >= 15 is 0 Å². The molecule has 9 nitrogen and oxygen atoms in total. The third-order valence-corrected chi connectivity index (χ3v) is 6.24. The molecule has 4 heterocycles. The van der Waals surface area contributed by atoms with Gasteiger partial charge in [0.1, 0.15) is 17.5 Å². The summed E-state index contributed by atoms with van der Waals surface area (Å²) in [6.45, 7) is 2.61. The van der Waals surface area contributed by atoms with Crippen LogP contribution in [0.4, 0.5) is 11.8 Å². The van der Waals surface area contributed by atoms with Gasteiger partial charge >= 0.3 is 0 Å². The molecule has 2 aliphatic heterocycles. The van der Waals surface area contributed by atoms with Crippen molar-refractivity contribution in [2.75, 3.05) is 43.5 Å². The maximum Gasteiger partial charge on any atom is 0.263 e. The fourth-order valence-corrected chi connectivity index (χ4v) is 4.49. The normalized spacial score (nSPS) is 23.6. The Labute approximate surface area is 185 Å². The molecule has 0 amide bonds. The maximum atomic E-state index is 13.3. The fraction of sp³-hybridized carbons (Fsp3) is 0.435. The standard InChI is InChI=1S/C23H28N6O3/c1-32-19-13-29(12-18(19)30)23-27-21(25-15-6-4-10-24-11-15)20(22(31)28-23)17-9-8-14-5-2-3-7-16(14)26-17/h2-3,5,7-9,15,18-19,24,30H,4,6,10-13H2,1H3,(H2,25,27,28,31)/t15-,18+,19+/m1/s1. The van der Waals surface area contributed by atoms with E-state index in [0.29, 0.717) is 36.1 Å². The third kappa shape index (κ3) is 4.06. The summed E-state index contributed by atoms with van der Waals surface area (Å²) in [5.41, 5.74) is 1.56. The number of hydrogen-bond acceptors (Lipinski definition) is 8. The number of aliphatic hydroxyl groups is 1. The van der Waals surface area contributed by atoms with Crippen LogP contribution in [0.1, 0.15) is 12.8 Å². The molecule has 168 valence electrons. The highest BCUT2D eigenvalue weighted by Gasteiger charge is 2.33. The Bertz CT molecular complexity index is 1160. The van der Waals surface area contributed by atoms with Gasteiger partial charge in [-0.2, -0.15) is 4.98 Å². The van der Waals surface area contributed by atoms with Crippen LogP contribution >= 0.6 is 0 Å². The summed E-state index contributed by atoms with van der Waals surface area (Å²) in [6.07, 6.45) is 1.10. The monoisotopic (exact) mass is 436 g/mol. The van der Waals surface area contributed by atoms with E-state index in [9.17, 15) is 9.90 Å². The second-order valence-electron chi connectivity index (χ2n) is 8.44. The SMILES string of the molecule is CO[C@H]1CN(c2nc(N[C@@H]3CCCNC3)c(-c3ccc4ccccc4n3)c(=O)[nH]2)C[C@@H]1O. The van der Waals surface area contributed by atoms with Crippen molar-refractivity contribution in [3.8, 4) is 11.3 Å². The Morgan fingerprint density at radius 2 is 2.06 bits per heavy atom. The second kappa shape index (κ2) is 8.85. The predicted molar refractivity (Wildman–Crippen MR) is 124 cm³/mol. The van der Waals surface area contributed by atoms with Crippen molar-refractivity contribution in [3.63, 3.8) is 0 Å². The third-order valence-electron chi connectivity index (χ3n) is 6.24.